The third-order valence-electron chi connectivity index (χ3n) is 16.6. The topological polar surface area (TPSA) is 135 Å². The average molecular weight is 1050 g/mol. The summed E-state index contributed by atoms with van der Waals surface area (Å²) in [6.07, 6.45) is 14.9. The molecule has 0 radical (unpaired) electrons. The van der Waals surface area contributed by atoms with Gasteiger partial charge in [0.25, 0.3) is 5.91 Å². The molecule has 4 fully saturated rings. The van der Waals surface area contributed by atoms with Crippen LogP contribution in [0.25, 0.3) is 27.6 Å². The summed E-state index contributed by atoms with van der Waals surface area (Å²) in [4.78, 5) is 50.3. The first-order chi connectivity index (χ1) is 37.6. The fourth-order valence-electron chi connectivity index (χ4n) is 12.6. The first-order valence-electron chi connectivity index (χ1n) is 27.7. The van der Waals surface area contributed by atoms with Gasteiger partial charge in [0.2, 0.25) is 5.91 Å². The number of pyridine rings is 1. The van der Waals surface area contributed by atoms with Gasteiger partial charge in [0.1, 0.15) is 23.1 Å². The number of aromatic amines is 1. The van der Waals surface area contributed by atoms with Crippen molar-refractivity contribution < 1.29 is 27.8 Å². The van der Waals surface area contributed by atoms with E-state index in [9.17, 15) is 14.0 Å². The van der Waals surface area contributed by atoms with Crippen LogP contribution in [0.1, 0.15) is 67.4 Å². The lowest BCUT2D eigenvalue weighted by Gasteiger charge is -2.43. The van der Waals surface area contributed by atoms with Crippen LogP contribution in [0.3, 0.4) is 0 Å². The second-order valence-electron chi connectivity index (χ2n) is 21.5. The van der Waals surface area contributed by atoms with E-state index in [1.54, 1.807) is 55.3 Å². The van der Waals surface area contributed by atoms with Crippen LogP contribution < -0.4 is 24.3 Å². The number of aryl methyl sites for hydroxylation is 1. The van der Waals surface area contributed by atoms with Crippen molar-refractivity contribution in [1.29, 1.82) is 0 Å². The van der Waals surface area contributed by atoms with Gasteiger partial charge in [-0.2, -0.15) is 0 Å². The molecule has 2 amide bonds. The number of rotatable bonds is 17. The average Bonchev–Trinajstić information content (AvgIpc) is 4.35. The lowest BCUT2D eigenvalue weighted by molar-refractivity contribution is -0.131. The largest absolute Gasteiger partial charge is 0.496 e. The van der Waals surface area contributed by atoms with Crippen molar-refractivity contribution in [3.05, 3.63) is 114 Å². The number of hydrogen-bond donors (Lipinski definition) is 1. The first-order valence-corrected chi connectivity index (χ1v) is 27.7. The maximum absolute atomic E-state index is 16.9. The number of hydrogen-bond acceptors (Lipinski definition) is 12. The Bertz CT molecular complexity index is 3060. The van der Waals surface area contributed by atoms with Crippen molar-refractivity contribution in [3.63, 3.8) is 0 Å². The summed E-state index contributed by atoms with van der Waals surface area (Å²) in [6, 6.07) is 21.8. The molecular weight excluding hydrogens is 979 g/mol. The van der Waals surface area contributed by atoms with E-state index < -0.39 is 5.82 Å². The van der Waals surface area contributed by atoms with Gasteiger partial charge < -0.3 is 43.9 Å². The minimum Gasteiger partial charge on any atom is -0.496 e. The molecule has 16 nitrogen and oxygen atoms in total. The third kappa shape index (κ3) is 11.2. The minimum atomic E-state index is -0.474. The molecule has 3 aromatic heterocycles. The molecule has 18 heteroatoms. The molecule has 11 rings (SSSR count). The highest BCUT2D eigenvalue weighted by Crippen LogP contribution is 2.44. The SMILES string of the molecule is COc1cc(N2CCN(CCOCC[C@H]3CN(c4cc(N5CCCCC5)ccn4)[C@@H]4CCCN(c5cccc(F)c5)[C@H]34)CC2)ccc1-c1cc(C2=CCCN(C(=O)CCn3ccnn3)C2)c(F)c2[nH]c(C(=O)N(C)C)cc12. The van der Waals surface area contributed by atoms with Gasteiger partial charge in [-0.15, -0.1) is 5.10 Å². The third-order valence-corrected chi connectivity index (χ3v) is 16.6. The number of fused-ring (bicyclic) bond motifs is 2. The lowest BCUT2D eigenvalue weighted by atomic mass is 9.88. The van der Waals surface area contributed by atoms with Crippen LogP contribution in [0.4, 0.5) is 31.7 Å². The number of H-pyrrole nitrogens is 1. The van der Waals surface area contributed by atoms with Crippen molar-refractivity contribution in [3.8, 4) is 16.9 Å². The van der Waals surface area contributed by atoms with Crippen LogP contribution >= 0.6 is 0 Å². The molecule has 0 unspecified atom stereocenters. The van der Waals surface area contributed by atoms with E-state index in [0.29, 0.717) is 60.9 Å². The van der Waals surface area contributed by atoms with Crippen molar-refractivity contribution >= 4 is 51.2 Å². The highest BCUT2D eigenvalue weighted by Gasteiger charge is 2.47. The van der Waals surface area contributed by atoms with Gasteiger partial charge in [0, 0.05) is 163 Å². The van der Waals surface area contributed by atoms with E-state index in [1.165, 1.54) is 35.9 Å². The van der Waals surface area contributed by atoms with Gasteiger partial charge in [0.05, 0.1) is 44.1 Å². The molecular formula is C59H72F2N12O4. The number of anilines is 4. The summed E-state index contributed by atoms with van der Waals surface area (Å²) in [6.45, 7) is 10.7. The van der Waals surface area contributed by atoms with Crippen LogP contribution in [0, 0.1) is 17.6 Å². The zero-order chi connectivity index (χ0) is 53.0. The predicted molar refractivity (Wildman–Crippen MR) is 298 cm³/mol. The summed E-state index contributed by atoms with van der Waals surface area (Å²) in [5.41, 5.74) is 6.30. The molecule has 6 aromatic rings. The number of piperidine rings is 2. The van der Waals surface area contributed by atoms with E-state index in [4.69, 9.17) is 14.5 Å². The standard InChI is InChI=1S/C59H72F2N12O4/c1-66(2)59(75)51-38-50-49(37-48(56(61)57(50)64-51)41-10-8-23-70(39-41)55(74)17-25-71-26-20-63-65-71)47-15-14-44(35-53(47)76-3)69-29-27-67(28-30-69)31-33-77-32-18-42-40-73(54-36-45(16-19-62-54)68-21-5-4-6-22-68)52-13-9-24-72(58(42)52)46-12-7-11-43(60)34-46/h7,10-12,14-16,19-20,26,34-38,42,52,58,64H,4-6,8-9,13,17-18,21-25,27-33,39-40H2,1-3H3/t42-,52+,58+/m0/s1. The zero-order valence-corrected chi connectivity index (χ0v) is 44.8. The molecule has 1 N–H and O–H groups in total. The highest BCUT2D eigenvalue weighted by atomic mass is 19.1. The number of methoxy groups -OCH3 is 1. The number of halogens is 2. The molecule has 3 atom stereocenters. The fraction of sp³-hybridized carbons (Fsp3) is 0.475. The van der Waals surface area contributed by atoms with Crippen molar-refractivity contribution in [2.45, 2.75) is 70.0 Å². The molecule has 4 saturated heterocycles. The summed E-state index contributed by atoms with van der Waals surface area (Å²) in [5, 5.41) is 8.38. The summed E-state index contributed by atoms with van der Waals surface area (Å²) < 4.78 is 45.7. The normalized spacial score (nSPS) is 20.2. The van der Waals surface area contributed by atoms with E-state index in [2.05, 4.69) is 70.1 Å². The summed E-state index contributed by atoms with van der Waals surface area (Å²) >= 11 is 0. The second-order valence-corrected chi connectivity index (χ2v) is 21.5. The highest BCUT2D eigenvalue weighted by molar-refractivity contribution is 6.05. The quantitative estimate of drug-likeness (QED) is 0.0883. The molecule has 0 saturated carbocycles. The van der Waals surface area contributed by atoms with Crippen molar-refractivity contribution in [2.75, 3.05) is 126 Å². The molecule has 5 aliphatic heterocycles. The maximum atomic E-state index is 16.9. The Kier molecular flexibility index (Phi) is 15.7. The van der Waals surface area contributed by atoms with E-state index in [1.807, 2.05) is 30.5 Å². The van der Waals surface area contributed by atoms with E-state index in [-0.39, 0.29) is 53.9 Å². The Balaban J connectivity index is 0.736. The summed E-state index contributed by atoms with van der Waals surface area (Å²) in [5.74, 6) is 1.02. The van der Waals surface area contributed by atoms with Gasteiger partial charge in [-0.25, -0.2) is 13.8 Å². The van der Waals surface area contributed by atoms with Crippen LogP contribution in [0.15, 0.2) is 91.4 Å². The smallest absolute Gasteiger partial charge is 0.269 e. The van der Waals surface area contributed by atoms with Gasteiger partial charge in [-0.05, 0) is 105 Å². The van der Waals surface area contributed by atoms with Crippen molar-refractivity contribution in [2.24, 2.45) is 5.92 Å². The number of piperazine rings is 1. The van der Waals surface area contributed by atoms with Gasteiger partial charge in [0.15, 0.2) is 5.82 Å². The number of nitrogens with one attached hydrogen (secondary N) is 1. The van der Waals surface area contributed by atoms with Crippen LogP contribution in [-0.2, 0) is 16.1 Å². The number of amides is 2. The van der Waals surface area contributed by atoms with Crippen LogP contribution in [0.5, 0.6) is 5.75 Å². The molecule has 8 heterocycles. The number of nitrogens with zero attached hydrogens (tertiary/aromatic N) is 11. The number of benzene rings is 3. The maximum Gasteiger partial charge on any atom is 0.269 e. The lowest BCUT2D eigenvalue weighted by Crippen LogP contribution is -2.52. The van der Waals surface area contributed by atoms with Gasteiger partial charge in [-0.3, -0.25) is 19.2 Å². The molecule has 5 aliphatic rings. The Labute approximate surface area is 450 Å². The number of carbonyl (C=O) groups excluding carboxylic acids is 2. The number of aromatic nitrogens is 5. The van der Waals surface area contributed by atoms with E-state index in [0.717, 1.165) is 106 Å². The van der Waals surface area contributed by atoms with Gasteiger partial charge >= 0.3 is 0 Å². The second kappa shape index (κ2) is 23.3. The predicted octanol–water partition coefficient (Wildman–Crippen LogP) is 8.21. The van der Waals surface area contributed by atoms with Crippen LogP contribution in [0.2, 0.25) is 0 Å². The number of ether oxygens (including phenoxy) is 2. The molecule has 77 heavy (non-hydrogen) atoms. The molecule has 3 aromatic carbocycles. The van der Waals surface area contributed by atoms with Crippen molar-refractivity contribution in [1.82, 2.24) is 39.7 Å². The molecule has 0 aliphatic carbocycles. The fourth-order valence-corrected chi connectivity index (χ4v) is 12.6. The monoisotopic (exact) mass is 1050 g/mol. The minimum absolute atomic E-state index is 0.0439. The Morgan fingerprint density at radius 2 is 1.62 bits per heavy atom. The Hall–Kier alpha value is -7.05. The Morgan fingerprint density at radius 1 is 0.792 bits per heavy atom. The molecule has 406 valence electrons. The summed E-state index contributed by atoms with van der Waals surface area (Å²) in [7, 11) is 4.99. The molecule has 0 bridgehead atoms. The first kappa shape index (κ1) is 52.0. The zero-order valence-electron chi connectivity index (χ0n) is 44.8. The van der Waals surface area contributed by atoms with Gasteiger partial charge in [-0.1, -0.05) is 17.4 Å². The van der Waals surface area contributed by atoms with Crippen LogP contribution in [-0.4, -0.2) is 170 Å². The number of carbonyl (C=O) groups is 2. The van der Waals surface area contributed by atoms with E-state index >= 15 is 4.39 Å². The Morgan fingerprint density at radius 3 is 2.42 bits per heavy atom. The molecule has 0 spiro atoms.